The van der Waals surface area contributed by atoms with Gasteiger partial charge in [-0.3, -0.25) is 5.10 Å². The van der Waals surface area contributed by atoms with Gasteiger partial charge in [0, 0.05) is 0 Å². The Kier molecular flexibility index (Phi) is 3.03. The lowest BCUT2D eigenvalue weighted by Gasteiger charge is -2.07. The van der Waals surface area contributed by atoms with E-state index in [4.69, 9.17) is 4.74 Å². The first kappa shape index (κ1) is 11.5. The van der Waals surface area contributed by atoms with E-state index in [9.17, 15) is 13.2 Å². The van der Waals surface area contributed by atoms with Gasteiger partial charge in [-0.1, -0.05) is 12.1 Å². The average molecular weight is 242 g/mol. The van der Waals surface area contributed by atoms with E-state index in [-0.39, 0.29) is 6.61 Å². The maximum absolute atomic E-state index is 12.3. The fraction of sp³-hybridized carbons (Fsp3) is 0.182. The molecule has 1 aromatic heterocycles. The molecule has 0 aliphatic rings. The lowest BCUT2D eigenvalue weighted by molar-refractivity contribution is -0.137. The number of aromatic nitrogens is 2. The topological polar surface area (TPSA) is 37.9 Å². The molecule has 3 nitrogen and oxygen atoms in total. The van der Waals surface area contributed by atoms with Gasteiger partial charge < -0.3 is 4.74 Å². The highest BCUT2D eigenvalue weighted by Gasteiger charge is 2.29. The Labute approximate surface area is 95.2 Å². The second-order valence-corrected chi connectivity index (χ2v) is 3.42. The summed E-state index contributed by atoms with van der Waals surface area (Å²) in [5, 5.41) is 6.25. The highest BCUT2D eigenvalue weighted by Crippen LogP contribution is 2.29. The van der Waals surface area contributed by atoms with Crippen LogP contribution in [0, 0.1) is 0 Å². The van der Waals surface area contributed by atoms with E-state index in [1.54, 1.807) is 6.20 Å². The third kappa shape index (κ3) is 2.99. The van der Waals surface area contributed by atoms with Gasteiger partial charge in [-0.25, -0.2) is 0 Å². The molecular weight excluding hydrogens is 233 g/mol. The molecule has 0 saturated carbocycles. The predicted molar refractivity (Wildman–Crippen MR) is 54.4 cm³/mol. The van der Waals surface area contributed by atoms with Gasteiger partial charge in [-0.2, -0.15) is 18.3 Å². The van der Waals surface area contributed by atoms with E-state index in [1.165, 1.54) is 18.3 Å². The van der Waals surface area contributed by atoms with Crippen molar-refractivity contribution < 1.29 is 17.9 Å². The van der Waals surface area contributed by atoms with Gasteiger partial charge in [0.25, 0.3) is 0 Å². The molecule has 0 aliphatic heterocycles. The fourth-order valence-electron chi connectivity index (χ4n) is 1.27. The second kappa shape index (κ2) is 4.48. The molecule has 2 rings (SSSR count). The molecule has 1 heterocycles. The van der Waals surface area contributed by atoms with Crippen LogP contribution in [-0.4, -0.2) is 10.2 Å². The van der Waals surface area contributed by atoms with Gasteiger partial charge in [0.05, 0.1) is 18.0 Å². The first-order valence-corrected chi connectivity index (χ1v) is 4.83. The molecule has 0 amide bonds. The minimum absolute atomic E-state index is 0.206. The first-order chi connectivity index (χ1) is 8.05. The van der Waals surface area contributed by atoms with Crippen LogP contribution in [-0.2, 0) is 12.8 Å². The third-order valence-electron chi connectivity index (χ3n) is 2.16. The Bertz CT molecular complexity index is 462. The molecule has 0 atom stereocenters. The smallest absolute Gasteiger partial charge is 0.416 e. The average Bonchev–Trinajstić information content (AvgIpc) is 2.78. The molecule has 0 spiro atoms. The molecule has 0 saturated heterocycles. The number of aromatic amines is 1. The Morgan fingerprint density at radius 1 is 1.18 bits per heavy atom. The molecule has 2 aromatic rings. The zero-order chi connectivity index (χ0) is 12.3. The summed E-state index contributed by atoms with van der Waals surface area (Å²) in [5.74, 6) is 0.546. The minimum Gasteiger partial charge on any atom is -0.486 e. The molecule has 6 heteroatoms. The second-order valence-electron chi connectivity index (χ2n) is 3.42. The molecule has 0 radical (unpaired) electrons. The number of alkyl halides is 3. The zero-order valence-corrected chi connectivity index (χ0v) is 8.66. The summed E-state index contributed by atoms with van der Waals surface area (Å²) in [6.07, 6.45) is -1.25. The molecule has 0 fully saturated rings. The first-order valence-electron chi connectivity index (χ1n) is 4.83. The van der Waals surface area contributed by atoms with Crippen LogP contribution in [0.15, 0.2) is 36.7 Å². The largest absolute Gasteiger partial charge is 0.486 e. The zero-order valence-electron chi connectivity index (χ0n) is 8.66. The Morgan fingerprint density at radius 3 is 2.41 bits per heavy atom. The lowest BCUT2D eigenvalue weighted by Crippen LogP contribution is -2.05. The van der Waals surface area contributed by atoms with Crippen LogP contribution in [0.3, 0.4) is 0 Å². The van der Waals surface area contributed by atoms with Gasteiger partial charge in [-0.15, -0.1) is 0 Å². The normalized spacial score (nSPS) is 11.5. The maximum atomic E-state index is 12.3. The van der Waals surface area contributed by atoms with Crippen molar-refractivity contribution in [3.8, 4) is 5.75 Å². The summed E-state index contributed by atoms with van der Waals surface area (Å²) in [5.41, 5.74) is 0.00348. The standard InChI is InChI=1S/C11H9F3N2O/c12-11(13,14)9-3-1-8(2-4-9)7-17-10-5-15-16-6-10/h1-6H,7H2,(H,15,16). The van der Waals surface area contributed by atoms with Crippen molar-refractivity contribution in [2.75, 3.05) is 0 Å². The predicted octanol–water partition coefficient (Wildman–Crippen LogP) is 3.01. The summed E-state index contributed by atoms with van der Waals surface area (Å²) >= 11 is 0. The molecule has 1 aromatic carbocycles. The highest BCUT2D eigenvalue weighted by molar-refractivity contribution is 5.24. The van der Waals surface area contributed by atoms with Crippen molar-refractivity contribution in [3.05, 3.63) is 47.8 Å². The van der Waals surface area contributed by atoms with Crippen LogP contribution < -0.4 is 4.74 Å². The lowest BCUT2D eigenvalue weighted by atomic mass is 10.1. The summed E-state index contributed by atoms with van der Waals surface area (Å²) in [4.78, 5) is 0. The minimum atomic E-state index is -4.30. The van der Waals surface area contributed by atoms with Crippen LogP contribution in [0.2, 0.25) is 0 Å². The fourth-order valence-corrected chi connectivity index (χ4v) is 1.27. The van der Waals surface area contributed by atoms with Crippen molar-refractivity contribution in [2.24, 2.45) is 0 Å². The van der Waals surface area contributed by atoms with E-state index in [0.717, 1.165) is 12.1 Å². The number of nitrogens with zero attached hydrogens (tertiary/aromatic N) is 1. The van der Waals surface area contributed by atoms with Crippen LogP contribution in [0.25, 0.3) is 0 Å². The summed E-state index contributed by atoms with van der Waals surface area (Å²) in [6, 6.07) is 4.86. The van der Waals surface area contributed by atoms with Crippen LogP contribution in [0.4, 0.5) is 13.2 Å². The molecule has 0 unspecified atom stereocenters. The number of nitrogens with one attached hydrogen (secondary N) is 1. The van der Waals surface area contributed by atoms with Gasteiger partial charge in [0.2, 0.25) is 0 Å². The van der Waals surface area contributed by atoms with Gasteiger partial charge in [0.15, 0.2) is 5.75 Å². The molecule has 0 aliphatic carbocycles. The number of hydrogen-bond donors (Lipinski definition) is 1. The maximum Gasteiger partial charge on any atom is 0.416 e. The number of hydrogen-bond acceptors (Lipinski definition) is 2. The van der Waals surface area contributed by atoms with Crippen molar-refractivity contribution in [3.63, 3.8) is 0 Å². The quantitative estimate of drug-likeness (QED) is 0.898. The third-order valence-corrected chi connectivity index (χ3v) is 2.16. The Balaban J connectivity index is 1.99. The van der Waals surface area contributed by atoms with Crippen LogP contribution in [0.1, 0.15) is 11.1 Å². The Morgan fingerprint density at radius 2 is 1.88 bits per heavy atom. The van der Waals surface area contributed by atoms with Crippen molar-refractivity contribution >= 4 is 0 Å². The summed E-state index contributed by atoms with van der Waals surface area (Å²) in [6.45, 7) is 0.206. The van der Waals surface area contributed by atoms with E-state index < -0.39 is 11.7 Å². The molecule has 1 N–H and O–H groups in total. The van der Waals surface area contributed by atoms with Crippen molar-refractivity contribution in [1.82, 2.24) is 10.2 Å². The SMILES string of the molecule is FC(F)(F)c1ccc(COc2cn[nH]c2)cc1. The van der Waals surface area contributed by atoms with Gasteiger partial charge in [-0.05, 0) is 17.7 Å². The summed E-state index contributed by atoms with van der Waals surface area (Å²) in [7, 11) is 0. The van der Waals surface area contributed by atoms with Crippen molar-refractivity contribution in [1.29, 1.82) is 0 Å². The monoisotopic (exact) mass is 242 g/mol. The van der Waals surface area contributed by atoms with Crippen molar-refractivity contribution in [2.45, 2.75) is 12.8 Å². The molecular formula is C11H9F3N2O. The number of H-pyrrole nitrogens is 1. The van der Waals surface area contributed by atoms with E-state index in [2.05, 4.69) is 10.2 Å². The van der Waals surface area contributed by atoms with E-state index in [0.29, 0.717) is 11.3 Å². The molecule has 0 bridgehead atoms. The van der Waals surface area contributed by atoms with Gasteiger partial charge >= 0.3 is 6.18 Å². The number of benzene rings is 1. The number of ether oxygens (including phenoxy) is 1. The van der Waals surface area contributed by atoms with Gasteiger partial charge in [0.1, 0.15) is 6.61 Å². The highest BCUT2D eigenvalue weighted by atomic mass is 19.4. The molecule has 90 valence electrons. The number of rotatable bonds is 3. The van der Waals surface area contributed by atoms with E-state index in [1.807, 2.05) is 0 Å². The number of halogens is 3. The summed E-state index contributed by atoms with van der Waals surface area (Å²) < 4.78 is 42.1. The Hall–Kier alpha value is -1.98. The van der Waals surface area contributed by atoms with Crippen LogP contribution in [0.5, 0.6) is 5.75 Å². The van der Waals surface area contributed by atoms with E-state index >= 15 is 0 Å². The van der Waals surface area contributed by atoms with Crippen LogP contribution >= 0.6 is 0 Å². The molecule has 17 heavy (non-hydrogen) atoms.